The second-order valence-corrected chi connectivity index (χ2v) is 4.82. The lowest BCUT2D eigenvalue weighted by Crippen LogP contribution is -2.35. The van der Waals surface area contributed by atoms with E-state index in [1.165, 1.54) is 19.3 Å². The quantitative estimate of drug-likeness (QED) is 0.695. The molecule has 2 N–H and O–H groups in total. The van der Waals surface area contributed by atoms with Crippen LogP contribution in [0.5, 0.6) is 0 Å². The Morgan fingerprint density at radius 1 is 1.46 bits per heavy atom. The van der Waals surface area contributed by atoms with Crippen LogP contribution in [0.3, 0.4) is 0 Å². The molecule has 0 aromatic carbocycles. The van der Waals surface area contributed by atoms with Crippen LogP contribution in [0.4, 0.5) is 0 Å². The molecule has 2 heteroatoms. The minimum absolute atomic E-state index is 0.0761. The maximum Gasteiger partial charge on any atom is 0.0609 e. The molecule has 0 amide bonds. The number of aliphatic hydroxyl groups excluding tert-OH is 1. The van der Waals surface area contributed by atoms with Crippen molar-refractivity contribution in [1.82, 2.24) is 5.32 Å². The van der Waals surface area contributed by atoms with E-state index in [1.54, 1.807) is 0 Å². The van der Waals surface area contributed by atoms with Crippen LogP contribution < -0.4 is 5.32 Å². The lowest BCUT2D eigenvalue weighted by atomic mass is 9.80. The van der Waals surface area contributed by atoms with Crippen molar-refractivity contribution in [2.45, 2.75) is 57.7 Å². The van der Waals surface area contributed by atoms with Crippen LogP contribution in [0.1, 0.15) is 39.5 Å². The number of aliphatic hydroxyl groups is 1. The summed E-state index contributed by atoms with van der Waals surface area (Å²) < 4.78 is 0. The normalized spacial score (nSPS) is 42.2. The molecule has 76 valence electrons. The highest BCUT2D eigenvalue weighted by molar-refractivity contribution is 5.00. The summed E-state index contributed by atoms with van der Waals surface area (Å²) >= 11 is 0. The Bertz CT molecular complexity index is 183. The van der Waals surface area contributed by atoms with E-state index in [-0.39, 0.29) is 6.10 Å². The molecule has 2 aliphatic rings. The zero-order valence-corrected chi connectivity index (χ0v) is 8.66. The third-order valence-corrected chi connectivity index (χ3v) is 4.02. The van der Waals surface area contributed by atoms with E-state index in [9.17, 15) is 5.11 Å². The zero-order valence-electron chi connectivity index (χ0n) is 8.66. The summed E-state index contributed by atoms with van der Waals surface area (Å²) in [4.78, 5) is 0. The zero-order chi connectivity index (χ0) is 9.42. The Labute approximate surface area is 80.7 Å². The highest BCUT2D eigenvalue weighted by Gasteiger charge is 2.43. The molecular formula is C11H21NO. The average molecular weight is 183 g/mol. The summed E-state index contributed by atoms with van der Waals surface area (Å²) in [6.07, 6.45) is 4.83. The van der Waals surface area contributed by atoms with E-state index in [0.717, 1.165) is 6.42 Å². The number of nitrogens with one attached hydrogen (secondary N) is 1. The predicted molar refractivity (Wildman–Crippen MR) is 53.5 cm³/mol. The van der Waals surface area contributed by atoms with Crippen LogP contribution in [0.15, 0.2) is 0 Å². The van der Waals surface area contributed by atoms with Crippen molar-refractivity contribution in [1.29, 1.82) is 0 Å². The van der Waals surface area contributed by atoms with E-state index in [2.05, 4.69) is 19.2 Å². The molecule has 0 aromatic heterocycles. The highest BCUT2D eigenvalue weighted by Crippen LogP contribution is 2.37. The van der Waals surface area contributed by atoms with Crippen LogP contribution in [0, 0.1) is 11.8 Å². The third-order valence-electron chi connectivity index (χ3n) is 4.02. The van der Waals surface area contributed by atoms with Gasteiger partial charge in [-0.3, -0.25) is 0 Å². The van der Waals surface area contributed by atoms with E-state index in [0.29, 0.717) is 23.9 Å². The second kappa shape index (κ2) is 3.58. The fourth-order valence-corrected chi connectivity index (χ4v) is 2.91. The fraction of sp³-hybridized carbons (Fsp3) is 1.00. The van der Waals surface area contributed by atoms with Gasteiger partial charge in [0.25, 0.3) is 0 Å². The molecule has 2 saturated heterocycles. The van der Waals surface area contributed by atoms with E-state index in [4.69, 9.17) is 0 Å². The van der Waals surface area contributed by atoms with Crippen molar-refractivity contribution in [2.24, 2.45) is 11.8 Å². The summed E-state index contributed by atoms with van der Waals surface area (Å²) in [5.74, 6) is 1.000. The molecule has 5 atom stereocenters. The van der Waals surface area contributed by atoms with Crippen LogP contribution >= 0.6 is 0 Å². The molecule has 0 radical (unpaired) electrons. The Morgan fingerprint density at radius 3 is 2.69 bits per heavy atom. The predicted octanol–water partition coefficient (Wildman–Crippen LogP) is 1.53. The van der Waals surface area contributed by atoms with Gasteiger partial charge in [-0.05, 0) is 25.2 Å². The number of hydrogen-bond donors (Lipinski definition) is 2. The van der Waals surface area contributed by atoms with Crippen LogP contribution in [-0.4, -0.2) is 23.3 Å². The first-order valence-corrected chi connectivity index (χ1v) is 5.66. The van der Waals surface area contributed by atoms with E-state index in [1.807, 2.05) is 0 Å². The lowest BCUT2D eigenvalue weighted by Gasteiger charge is -2.29. The second-order valence-electron chi connectivity index (χ2n) is 4.82. The minimum atomic E-state index is -0.0761. The Hall–Kier alpha value is -0.0800. The number of fused-ring (bicyclic) bond motifs is 2. The molecule has 0 aromatic rings. The molecule has 13 heavy (non-hydrogen) atoms. The van der Waals surface area contributed by atoms with Gasteiger partial charge in [0.2, 0.25) is 0 Å². The van der Waals surface area contributed by atoms with Gasteiger partial charge in [-0.25, -0.2) is 0 Å². The Morgan fingerprint density at radius 2 is 2.23 bits per heavy atom. The van der Waals surface area contributed by atoms with Gasteiger partial charge in [-0.1, -0.05) is 20.3 Å². The number of hydrogen-bond acceptors (Lipinski definition) is 2. The fourth-order valence-electron chi connectivity index (χ4n) is 2.91. The molecule has 2 bridgehead atoms. The molecule has 2 rings (SSSR count). The largest absolute Gasteiger partial charge is 0.393 e. The molecule has 0 spiro atoms. The summed E-state index contributed by atoms with van der Waals surface area (Å²) in [5, 5.41) is 13.7. The first-order valence-electron chi connectivity index (χ1n) is 5.66. The summed E-state index contributed by atoms with van der Waals surface area (Å²) in [5.41, 5.74) is 0. The molecule has 5 unspecified atom stereocenters. The summed E-state index contributed by atoms with van der Waals surface area (Å²) in [6, 6.07) is 1.34. The third kappa shape index (κ3) is 1.62. The molecule has 0 aliphatic carbocycles. The topological polar surface area (TPSA) is 32.3 Å². The standard InChI is InChI=1S/C11H21NO/c1-3-7(2)11(13)9-6-8-4-5-10(9)12-8/h7-13H,3-6H2,1-2H3. The highest BCUT2D eigenvalue weighted by atomic mass is 16.3. The molecular weight excluding hydrogens is 162 g/mol. The summed E-state index contributed by atoms with van der Waals surface area (Å²) in [6.45, 7) is 4.32. The van der Waals surface area contributed by atoms with Gasteiger partial charge in [0, 0.05) is 18.0 Å². The Kier molecular flexibility index (Phi) is 2.61. The maximum absolute atomic E-state index is 10.1. The average Bonchev–Trinajstić information content (AvgIpc) is 2.76. The Balaban J connectivity index is 1.94. The van der Waals surface area contributed by atoms with Gasteiger partial charge in [0.05, 0.1) is 6.10 Å². The van der Waals surface area contributed by atoms with Gasteiger partial charge in [0.1, 0.15) is 0 Å². The van der Waals surface area contributed by atoms with Crippen LogP contribution in [-0.2, 0) is 0 Å². The van der Waals surface area contributed by atoms with Crippen molar-refractivity contribution in [3.63, 3.8) is 0 Å². The van der Waals surface area contributed by atoms with E-state index >= 15 is 0 Å². The minimum Gasteiger partial charge on any atom is -0.393 e. The van der Waals surface area contributed by atoms with Gasteiger partial charge in [-0.15, -0.1) is 0 Å². The SMILES string of the molecule is CCC(C)C(O)C1CC2CCC1N2. The van der Waals surface area contributed by atoms with Gasteiger partial charge < -0.3 is 10.4 Å². The van der Waals surface area contributed by atoms with Crippen molar-refractivity contribution in [3.05, 3.63) is 0 Å². The van der Waals surface area contributed by atoms with Crippen molar-refractivity contribution in [2.75, 3.05) is 0 Å². The molecule has 2 aliphatic heterocycles. The number of rotatable bonds is 3. The smallest absolute Gasteiger partial charge is 0.0609 e. The van der Waals surface area contributed by atoms with Crippen molar-refractivity contribution >= 4 is 0 Å². The van der Waals surface area contributed by atoms with Crippen molar-refractivity contribution in [3.8, 4) is 0 Å². The molecule has 2 fully saturated rings. The van der Waals surface area contributed by atoms with E-state index < -0.39 is 0 Å². The van der Waals surface area contributed by atoms with Crippen LogP contribution in [0.2, 0.25) is 0 Å². The van der Waals surface area contributed by atoms with Crippen molar-refractivity contribution < 1.29 is 5.11 Å². The summed E-state index contributed by atoms with van der Waals surface area (Å²) in [7, 11) is 0. The van der Waals surface area contributed by atoms with Gasteiger partial charge in [0.15, 0.2) is 0 Å². The van der Waals surface area contributed by atoms with Gasteiger partial charge in [-0.2, -0.15) is 0 Å². The van der Waals surface area contributed by atoms with Gasteiger partial charge >= 0.3 is 0 Å². The molecule has 2 heterocycles. The maximum atomic E-state index is 10.1. The first kappa shape index (κ1) is 9.47. The molecule has 0 saturated carbocycles. The van der Waals surface area contributed by atoms with Crippen LogP contribution in [0.25, 0.3) is 0 Å². The lowest BCUT2D eigenvalue weighted by molar-refractivity contribution is 0.0446. The first-order chi connectivity index (χ1) is 6.22. The monoisotopic (exact) mass is 183 g/mol. The molecule has 2 nitrogen and oxygen atoms in total.